The van der Waals surface area contributed by atoms with E-state index in [-0.39, 0.29) is 12.3 Å². The highest BCUT2D eigenvalue weighted by Crippen LogP contribution is 2.24. The fourth-order valence-electron chi connectivity index (χ4n) is 2.17. The SMILES string of the molecule is CCOCCOc1ccccc1NC(=O)Cc1ccc(OC)cc1. The van der Waals surface area contributed by atoms with E-state index in [9.17, 15) is 4.79 Å². The van der Waals surface area contributed by atoms with E-state index in [1.807, 2.05) is 55.5 Å². The molecule has 1 amide bonds. The summed E-state index contributed by atoms with van der Waals surface area (Å²) in [5, 5.41) is 2.89. The molecule has 1 N–H and O–H groups in total. The van der Waals surface area contributed by atoms with Crippen LogP contribution in [0.5, 0.6) is 11.5 Å². The maximum Gasteiger partial charge on any atom is 0.228 e. The van der Waals surface area contributed by atoms with Gasteiger partial charge in [0.05, 0.1) is 25.8 Å². The van der Waals surface area contributed by atoms with Gasteiger partial charge in [-0.05, 0) is 36.8 Å². The van der Waals surface area contributed by atoms with Crippen LogP contribution in [0.1, 0.15) is 12.5 Å². The molecule has 0 bridgehead atoms. The Kier molecular flexibility index (Phi) is 7.11. The highest BCUT2D eigenvalue weighted by molar-refractivity contribution is 5.93. The molecule has 0 fully saturated rings. The van der Waals surface area contributed by atoms with E-state index >= 15 is 0 Å². The summed E-state index contributed by atoms with van der Waals surface area (Å²) < 4.78 is 16.0. The molecule has 5 heteroatoms. The van der Waals surface area contributed by atoms with E-state index in [0.717, 1.165) is 11.3 Å². The molecule has 2 aromatic carbocycles. The summed E-state index contributed by atoms with van der Waals surface area (Å²) in [5.41, 5.74) is 1.58. The molecule has 0 aliphatic carbocycles. The number of ether oxygens (including phenoxy) is 3. The van der Waals surface area contributed by atoms with E-state index in [2.05, 4.69) is 5.32 Å². The number of rotatable bonds is 9. The fourth-order valence-corrected chi connectivity index (χ4v) is 2.17. The summed E-state index contributed by atoms with van der Waals surface area (Å²) >= 11 is 0. The summed E-state index contributed by atoms with van der Waals surface area (Å²) in [6.07, 6.45) is 0.289. The van der Waals surface area contributed by atoms with Crippen molar-refractivity contribution < 1.29 is 19.0 Å². The predicted molar refractivity (Wildman–Crippen MR) is 93.8 cm³/mol. The summed E-state index contributed by atoms with van der Waals surface area (Å²) in [7, 11) is 1.62. The minimum atomic E-state index is -0.0963. The quantitative estimate of drug-likeness (QED) is 0.717. The van der Waals surface area contributed by atoms with Gasteiger partial charge in [-0.25, -0.2) is 0 Å². The van der Waals surface area contributed by atoms with Crippen LogP contribution >= 0.6 is 0 Å². The van der Waals surface area contributed by atoms with Crippen molar-refractivity contribution in [2.45, 2.75) is 13.3 Å². The molecule has 0 radical (unpaired) electrons. The van der Waals surface area contributed by atoms with Crippen LogP contribution in [0.15, 0.2) is 48.5 Å². The number of carbonyl (C=O) groups is 1. The Morgan fingerprint density at radius 3 is 2.50 bits per heavy atom. The largest absolute Gasteiger partial charge is 0.497 e. The van der Waals surface area contributed by atoms with Crippen molar-refractivity contribution in [1.29, 1.82) is 0 Å². The topological polar surface area (TPSA) is 56.8 Å². The monoisotopic (exact) mass is 329 g/mol. The Balaban J connectivity index is 1.92. The van der Waals surface area contributed by atoms with Crippen molar-refractivity contribution in [3.8, 4) is 11.5 Å². The minimum absolute atomic E-state index is 0.0963. The number of anilines is 1. The average Bonchev–Trinajstić information content (AvgIpc) is 2.60. The van der Waals surface area contributed by atoms with Crippen molar-refractivity contribution in [1.82, 2.24) is 0 Å². The standard InChI is InChI=1S/C19H23NO4/c1-3-23-12-13-24-18-7-5-4-6-17(18)20-19(21)14-15-8-10-16(22-2)11-9-15/h4-11H,3,12-14H2,1-2H3,(H,20,21). The Hall–Kier alpha value is -2.53. The van der Waals surface area contributed by atoms with Gasteiger partial charge in [0.1, 0.15) is 18.1 Å². The molecular weight excluding hydrogens is 306 g/mol. The second kappa shape index (κ2) is 9.57. The van der Waals surface area contributed by atoms with Crippen LogP contribution in [0.3, 0.4) is 0 Å². The van der Waals surface area contributed by atoms with Crippen LogP contribution in [-0.4, -0.2) is 32.8 Å². The van der Waals surface area contributed by atoms with Gasteiger partial charge in [0.15, 0.2) is 0 Å². The number of hydrogen-bond donors (Lipinski definition) is 1. The molecule has 0 saturated heterocycles. The van der Waals surface area contributed by atoms with Crippen LogP contribution in [-0.2, 0) is 16.0 Å². The first kappa shape index (κ1) is 17.8. The van der Waals surface area contributed by atoms with E-state index in [4.69, 9.17) is 14.2 Å². The van der Waals surface area contributed by atoms with E-state index in [0.29, 0.717) is 31.3 Å². The number of nitrogens with one attached hydrogen (secondary N) is 1. The average molecular weight is 329 g/mol. The van der Waals surface area contributed by atoms with Crippen LogP contribution in [0.2, 0.25) is 0 Å². The van der Waals surface area contributed by atoms with Crippen LogP contribution in [0.25, 0.3) is 0 Å². The zero-order valence-corrected chi connectivity index (χ0v) is 14.1. The summed E-state index contributed by atoms with van der Waals surface area (Å²) in [4.78, 5) is 12.2. The maximum absolute atomic E-state index is 12.2. The number of hydrogen-bond acceptors (Lipinski definition) is 4. The minimum Gasteiger partial charge on any atom is -0.497 e. The number of amides is 1. The molecule has 0 atom stereocenters. The molecule has 128 valence electrons. The van der Waals surface area contributed by atoms with Gasteiger partial charge in [0, 0.05) is 6.61 Å². The molecular formula is C19H23NO4. The lowest BCUT2D eigenvalue weighted by Crippen LogP contribution is -2.16. The lowest BCUT2D eigenvalue weighted by Gasteiger charge is -2.12. The summed E-state index contributed by atoms with van der Waals surface area (Å²) in [6, 6.07) is 14.8. The number of carbonyl (C=O) groups excluding carboxylic acids is 1. The molecule has 0 aliphatic rings. The first-order chi connectivity index (χ1) is 11.7. The van der Waals surface area contributed by atoms with Gasteiger partial charge in [0.2, 0.25) is 5.91 Å². The first-order valence-electron chi connectivity index (χ1n) is 7.95. The van der Waals surface area contributed by atoms with Gasteiger partial charge in [-0.3, -0.25) is 4.79 Å². The summed E-state index contributed by atoms with van der Waals surface area (Å²) in [5.74, 6) is 1.31. The van der Waals surface area contributed by atoms with Gasteiger partial charge in [-0.15, -0.1) is 0 Å². The lowest BCUT2D eigenvalue weighted by molar-refractivity contribution is -0.115. The number of para-hydroxylation sites is 2. The second-order valence-electron chi connectivity index (χ2n) is 5.11. The van der Waals surface area contributed by atoms with Gasteiger partial charge < -0.3 is 19.5 Å². The van der Waals surface area contributed by atoms with E-state index < -0.39 is 0 Å². The first-order valence-corrected chi connectivity index (χ1v) is 7.95. The zero-order valence-electron chi connectivity index (χ0n) is 14.1. The Bertz CT molecular complexity index is 640. The van der Waals surface area contributed by atoms with Crippen molar-refractivity contribution in [3.63, 3.8) is 0 Å². The molecule has 0 heterocycles. The smallest absolute Gasteiger partial charge is 0.228 e. The fraction of sp³-hybridized carbons (Fsp3) is 0.316. The van der Waals surface area contributed by atoms with E-state index in [1.165, 1.54) is 0 Å². The molecule has 0 unspecified atom stereocenters. The van der Waals surface area contributed by atoms with E-state index in [1.54, 1.807) is 7.11 Å². The third kappa shape index (κ3) is 5.59. The molecule has 0 aliphatic heterocycles. The zero-order chi connectivity index (χ0) is 17.2. The van der Waals surface area contributed by atoms with Crippen LogP contribution in [0.4, 0.5) is 5.69 Å². The van der Waals surface area contributed by atoms with Crippen molar-refractivity contribution in [3.05, 3.63) is 54.1 Å². The van der Waals surface area contributed by atoms with Gasteiger partial charge in [0.25, 0.3) is 0 Å². The van der Waals surface area contributed by atoms with Crippen molar-refractivity contribution in [2.24, 2.45) is 0 Å². The second-order valence-corrected chi connectivity index (χ2v) is 5.11. The maximum atomic E-state index is 12.2. The van der Waals surface area contributed by atoms with Gasteiger partial charge in [-0.1, -0.05) is 24.3 Å². The van der Waals surface area contributed by atoms with Crippen LogP contribution < -0.4 is 14.8 Å². The molecule has 0 aromatic heterocycles. The van der Waals surface area contributed by atoms with Crippen molar-refractivity contribution >= 4 is 11.6 Å². The third-order valence-corrected chi connectivity index (χ3v) is 3.37. The summed E-state index contributed by atoms with van der Waals surface area (Å²) in [6.45, 7) is 3.56. The van der Waals surface area contributed by atoms with Gasteiger partial charge in [-0.2, -0.15) is 0 Å². The Labute approximate surface area is 142 Å². The van der Waals surface area contributed by atoms with Crippen LogP contribution in [0, 0.1) is 0 Å². The normalized spacial score (nSPS) is 10.2. The highest BCUT2D eigenvalue weighted by Gasteiger charge is 2.08. The van der Waals surface area contributed by atoms with Gasteiger partial charge >= 0.3 is 0 Å². The number of methoxy groups -OCH3 is 1. The predicted octanol–water partition coefficient (Wildman–Crippen LogP) is 3.29. The Morgan fingerprint density at radius 2 is 1.79 bits per heavy atom. The molecule has 5 nitrogen and oxygen atoms in total. The molecule has 0 spiro atoms. The lowest BCUT2D eigenvalue weighted by atomic mass is 10.1. The molecule has 2 aromatic rings. The van der Waals surface area contributed by atoms with Crippen molar-refractivity contribution in [2.75, 3.05) is 32.2 Å². The third-order valence-electron chi connectivity index (χ3n) is 3.37. The Morgan fingerprint density at radius 1 is 1.04 bits per heavy atom. The number of benzene rings is 2. The highest BCUT2D eigenvalue weighted by atomic mass is 16.5. The molecule has 0 saturated carbocycles. The molecule has 2 rings (SSSR count). The molecule has 24 heavy (non-hydrogen) atoms.